The Hall–Kier alpha value is -0.330. The Morgan fingerprint density at radius 3 is 2.50 bits per heavy atom. The van der Waals surface area contributed by atoms with Crippen molar-refractivity contribution in [1.82, 2.24) is 5.32 Å². The molecule has 0 aromatic heterocycles. The highest BCUT2D eigenvalue weighted by Crippen LogP contribution is 1.86. The second kappa shape index (κ2) is 5.45. The van der Waals surface area contributed by atoms with Crippen LogP contribution >= 0.6 is 22.6 Å². The van der Waals surface area contributed by atoms with E-state index in [1.807, 2.05) is 0 Å². The third-order valence-electron chi connectivity index (χ3n) is 0.758. The molecule has 0 fully saturated rings. The first-order valence-electron chi connectivity index (χ1n) is 2.71. The number of carbonyl (C=O) groups is 2. The Morgan fingerprint density at radius 1 is 1.50 bits per heavy atom. The van der Waals surface area contributed by atoms with Gasteiger partial charge in [0.15, 0.2) is 0 Å². The summed E-state index contributed by atoms with van der Waals surface area (Å²) < 4.78 is 0.712. The van der Waals surface area contributed by atoms with Gasteiger partial charge < -0.3 is 10.4 Å². The highest BCUT2D eigenvalue weighted by atomic mass is 127. The first-order chi connectivity index (χ1) is 4.66. The van der Waals surface area contributed by atoms with Gasteiger partial charge in [-0.3, -0.25) is 9.59 Å². The van der Waals surface area contributed by atoms with Gasteiger partial charge in [-0.1, -0.05) is 22.6 Å². The van der Waals surface area contributed by atoms with Crippen LogP contribution in [0.4, 0.5) is 0 Å². The smallest absolute Gasteiger partial charge is 0.322 e. The van der Waals surface area contributed by atoms with Crippen LogP contribution in [-0.4, -0.2) is 28.0 Å². The van der Waals surface area contributed by atoms with Gasteiger partial charge in [0.1, 0.15) is 6.54 Å². The zero-order chi connectivity index (χ0) is 7.98. The van der Waals surface area contributed by atoms with Gasteiger partial charge in [0.25, 0.3) is 0 Å². The molecule has 0 aliphatic heterocycles. The van der Waals surface area contributed by atoms with Gasteiger partial charge in [-0.15, -0.1) is 0 Å². The van der Waals surface area contributed by atoms with E-state index < -0.39 is 5.97 Å². The summed E-state index contributed by atoms with van der Waals surface area (Å²) in [5, 5.41) is 10.4. The number of carboxylic acids is 1. The summed E-state index contributed by atoms with van der Waals surface area (Å²) in [7, 11) is 0. The van der Waals surface area contributed by atoms with Crippen LogP contribution in [0.3, 0.4) is 0 Å². The fourth-order valence-corrected chi connectivity index (χ4v) is 0.838. The topological polar surface area (TPSA) is 66.4 Å². The van der Waals surface area contributed by atoms with Crippen molar-refractivity contribution in [3.05, 3.63) is 0 Å². The molecule has 0 heterocycles. The molecule has 5 heteroatoms. The maximum Gasteiger partial charge on any atom is 0.322 e. The summed E-state index contributed by atoms with van der Waals surface area (Å²) in [5.74, 6) is -1.22. The molecule has 10 heavy (non-hydrogen) atoms. The monoisotopic (exact) mass is 257 g/mol. The molecule has 1 amide bonds. The molecular formula is C5H8INO3. The van der Waals surface area contributed by atoms with Crippen LogP contribution in [0.25, 0.3) is 0 Å². The number of aliphatic carboxylic acids is 1. The molecular weight excluding hydrogens is 249 g/mol. The number of hydrogen-bond donors (Lipinski definition) is 2. The highest BCUT2D eigenvalue weighted by molar-refractivity contribution is 14.1. The van der Waals surface area contributed by atoms with E-state index in [9.17, 15) is 9.59 Å². The van der Waals surface area contributed by atoms with Crippen molar-refractivity contribution in [2.45, 2.75) is 6.42 Å². The fraction of sp³-hybridized carbons (Fsp3) is 0.600. The van der Waals surface area contributed by atoms with Crippen LogP contribution in [0.5, 0.6) is 0 Å². The summed E-state index contributed by atoms with van der Waals surface area (Å²) in [6.45, 7) is -0.282. The molecule has 0 radical (unpaired) electrons. The summed E-state index contributed by atoms with van der Waals surface area (Å²) in [6.07, 6.45) is 0.383. The predicted octanol–water partition coefficient (Wildman–Crippen LogP) is 0.0123. The summed E-state index contributed by atoms with van der Waals surface area (Å²) in [4.78, 5) is 20.5. The summed E-state index contributed by atoms with van der Waals surface area (Å²) in [5.41, 5.74) is 0. The van der Waals surface area contributed by atoms with Crippen molar-refractivity contribution in [2.24, 2.45) is 0 Å². The number of carboxylic acid groups (broad SMARTS) is 1. The van der Waals surface area contributed by atoms with Gasteiger partial charge in [0.2, 0.25) is 5.91 Å². The summed E-state index contributed by atoms with van der Waals surface area (Å²) >= 11 is 2.05. The number of hydrogen-bond acceptors (Lipinski definition) is 2. The van der Waals surface area contributed by atoms with Gasteiger partial charge in [0, 0.05) is 10.8 Å². The molecule has 0 aromatic carbocycles. The van der Waals surface area contributed by atoms with Crippen LogP contribution < -0.4 is 5.32 Å². The van der Waals surface area contributed by atoms with E-state index in [-0.39, 0.29) is 12.5 Å². The van der Waals surface area contributed by atoms with Crippen molar-refractivity contribution in [2.75, 3.05) is 11.0 Å². The van der Waals surface area contributed by atoms with Gasteiger partial charge in [0.05, 0.1) is 0 Å². The van der Waals surface area contributed by atoms with Crippen molar-refractivity contribution in [1.29, 1.82) is 0 Å². The molecule has 0 rings (SSSR count). The molecule has 0 atom stereocenters. The lowest BCUT2D eigenvalue weighted by Gasteiger charge is -1.97. The third-order valence-corrected chi connectivity index (χ3v) is 1.30. The Balaban J connectivity index is 3.30. The second-order valence-electron chi connectivity index (χ2n) is 1.61. The number of nitrogens with one attached hydrogen (secondary N) is 1. The van der Waals surface area contributed by atoms with Gasteiger partial charge in [-0.25, -0.2) is 0 Å². The Kier molecular flexibility index (Phi) is 5.27. The Morgan fingerprint density at radius 2 is 2.10 bits per heavy atom. The van der Waals surface area contributed by atoms with Crippen LogP contribution in [-0.2, 0) is 9.59 Å². The predicted molar refractivity (Wildman–Crippen MR) is 44.1 cm³/mol. The average Bonchev–Trinajstić information content (AvgIpc) is 1.85. The molecule has 0 bridgehead atoms. The number of alkyl halides is 1. The first-order valence-corrected chi connectivity index (χ1v) is 4.24. The SMILES string of the molecule is O=C(O)CNC(=O)CCI. The lowest BCUT2D eigenvalue weighted by atomic mass is 10.4. The molecule has 2 N–H and O–H groups in total. The van der Waals surface area contributed by atoms with E-state index in [0.717, 1.165) is 0 Å². The molecule has 4 nitrogen and oxygen atoms in total. The van der Waals surface area contributed by atoms with Gasteiger partial charge in [-0.2, -0.15) is 0 Å². The second-order valence-corrected chi connectivity index (χ2v) is 2.69. The van der Waals surface area contributed by atoms with Crippen molar-refractivity contribution < 1.29 is 14.7 Å². The van der Waals surface area contributed by atoms with E-state index in [0.29, 0.717) is 10.8 Å². The molecule has 0 aliphatic rings. The maximum atomic E-state index is 10.6. The number of halogens is 1. The van der Waals surface area contributed by atoms with E-state index >= 15 is 0 Å². The molecule has 58 valence electrons. The zero-order valence-corrected chi connectivity index (χ0v) is 7.42. The quantitative estimate of drug-likeness (QED) is 0.550. The largest absolute Gasteiger partial charge is 0.480 e. The fourth-order valence-electron chi connectivity index (χ4n) is 0.348. The average molecular weight is 257 g/mol. The van der Waals surface area contributed by atoms with Crippen molar-refractivity contribution in [3.8, 4) is 0 Å². The maximum absolute atomic E-state index is 10.6. The Bertz CT molecular complexity index is 137. The Labute approximate surface area is 72.1 Å². The minimum atomic E-state index is -1.01. The first kappa shape index (κ1) is 9.67. The normalized spacial score (nSPS) is 8.90. The van der Waals surface area contributed by atoms with Crippen molar-refractivity contribution in [3.63, 3.8) is 0 Å². The standard InChI is InChI=1S/C5H8INO3/c6-2-1-4(8)7-3-5(9)10/h1-3H2,(H,7,8)(H,9,10). The number of rotatable bonds is 4. The molecule has 0 saturated carbocycles. The highest BCUT2D eigenvalue weighted by Gasteiger charge is 2.00. The lowest BCUT2D eigenvalue weighted by Crippen LogP contribution is -2.29. The molecule has 0 saturated heterocycles. The number of carbonyl (C=O) groups excluding carboxylic acids is 1. The summed E-state index contributed by atoms with van der Waals surface area (Å²) in [6, 6.07) is 0. The van der Waals surface area contributed by atoms with Gasteiger partial charge in [-0.05, 0) is 0 Å². The molecule has 0 aliphatic carbocycles. The van der Waals surface area contributed by atoms with Crippen LogP contribution in [0.2, 0.25) is 0 Å². The zero-order valence-electron chi connectivity index (χ0n) is 5.26. The molecule has 0 spiro atoms. The van der Waals surface area contributed by atoms with Gasteiger partial charge >= 0.3 is 5.97 Å². The third kappa shape index (κ3) is 5.80. The minimum Gasteiger partial charge on any atom is -0.480 e. The molecule has 0 unspecified atom stereocenters. The minimum absolute atomic E-state index is 0.211. The number of amides is 1. The lowest BCUT2D eigenvalue weighted by molar-refractivity contribution is -0.137. The van der Waals surface area contributed by atoms with E-state index in [1.54, 1.807) is 0 Å². The van der Waals surface area contributed by atoms with E-state index in [4.69, 9.17) is 5.11 Å². The molecule has 0 aromatic rings. The van der Waals surface area contributed by atoms with Crippen LogP contribution in [0.1, 0.15) is 6.42 Å². The van der Waals surface area contributed by atoms with E-state index in [2.05, 4.69) is 27.9 Å². The van der Waals surface area contributed by atoms with Crippen LogP contribution in [0, 0.1) is 0 Å². The van der Waals surface area contributed by atoms with Crippen LogP contribution in [0.15, 0.2) is 0 Å². The van der Waals surface area contributed by atoms with E-state index in [1.165, 1.54) is 0 Å². The van der Waals surface area contributed by atoms with Crippen molar-refractivity contribution >= 4 is 34.5 Å².